The smallest absolute Gasteiger partial charge is 0.302 e. The average Bonchev–Trinajstić information content (AvgIpc) is 2.60. The molecule has 0 saturated carbocycles. The van der Waals surface area contributed by atoms with Gasteiger partial charge in [-0.1, -0.05) is 24.3 Å². The third-order valence-electron chi connectivity index (χ3n) is 3.17. The standard InChI is InChI=1S/C18H22N2O4/c1-14(21)23-10-11-24-17-9-8-15(12-18(17)22-2)13-19-20-16-6-4-3-5-7-16/h3-9,12,19-20H,10-11,13H2,1-2H3. The fraction of sp³-hybridized carbons (Fsp3) is 0.278. The van der Waals surface area contributed by atoms with Crippen LogP contribution >= 0.6 is 0 Å². The lowest BCUT2D eigenvalue weighted by atomic mass is 10.2. The van der Waals surface area contributed by atoms with Crippen LogP contribution in [0.2, 0.25) is 0 Å². The predicted molar refractivity (Wildman–Crippen MR) is 92.0 cm³/mol. The summed E-state index contributed by atoms with van der Waals surface area (Å²) >= 11 is 0. The summed E-state index contributed by atoms with van der Waals surface area (Å²) in [6, 6.07) is 15.6. The highest BCUT2D eigenvalue weighted by Crippen LogP contribution is 2.28. The first kappa shape index (κ1) is 17.6. The number of methoxy groups -OCH3 is 1. The van der Waals surface area contributed by atoms with E-state index in [1.807, 2.05) is 48.5 Å². The van der Waals surface area contributed by atoms with Gasteiger partial charge in [0.2, 0.25) is 0 Å². The van der Waals surface area contributed by atoms with E-state index in [9.17, 15) is 4.79 Å². The summed E-state index contributed by atoms with van der Waals surface area (Å²) in [4.78, 5) is 10.7. The monoisotopic (exact) mass is 330 g/mol. The molecular weight excluding hydrogens is 308 g/mol. The number of hydrogen-bond acceptors (Lipinski definition) is 6. The van der Waals surface area contributed by atoms with Gasteiger partial charge >= 0.3 is 5.97 Å². The van der Waals surface area contributed by atoms with Gasteiger partial charge in [-0.2, -0.15) is 0 Å². The van der Waals surface area contributed by atoms with Gasteiger partial charge in [0, 0.05) is 19.2 Å². The maximum absolute atomic E-state index is 10.7. The fourth-order valence-electron chi connectivity index (χ4n) is 2.05. The van der Waals surface area contributed by atoms with E-state index in [0.717, 1.165) is 11.3 Å². The van der Waals surface area contributed by atoms with Crippen LogP contribution in [0, 0.1) is 0 Å². The van der Waals surface area contributed by atoms with Crippen molar-refractivity contribution in [3.8, 4) is 11.5 Å². The van der Waals surface area contributed by atoms with E-state index in [1.54, 1.807) is 7.11 Å². The molecule has 2 rings (SSSR count). The van der Waals surface area contributed by atoms with Gasteiger partial charge in [-0.25, -0.2) is 5.43 Å². The summed E-state index contributed by atoms with van der Waals surface area (Å²) in [5.74, 6) is 0.930. The molecule has 0 saturated heterocycles. The Kier molecular flexibility index (Phi) is 6.91. The Labute approximate surface area is 141 Å². The van der Waals surface area contributed by atoms with Crippen molar-refractivity contribution in [2.75, 3.05) is 25.7 Å². The zero-order valence-electron chi connectivity index (χ0n) is 13.9. The second-order valence-corrected chi connectivity index (χ2v) is 5.02. The van der Waals surface area contributed by atoms with Gasteiger partial charge in [0.1, 0.15) is 13.2 Å². The molecule has 0 spiro atoms. The number of rotatable bonds is 9. The average molecular weight is 330 g/mol. The maximum Gasteiger partial charge on any atom is 0.302 e. The highest BCUT2D eigenvalue weighted by Gasteiger charge is 2.06. The lowest BCUT2D eigenvalue weighted by molar-refractivity contribution is -0.141. The van der Waals surface area contributed by atoms with Crippen LogP contribution in [0.25, 0.3) is 0 Å². The van der Waals surface area contributed by atoms with E-state index in [-0.39, 0.29) is 19.2 Å². The number of nitrogens with one attached hydrogen (secondary N) is 2. The highest BCUT2D eigenvalue weighted by atomic mass is 16.6. The Hall–Kier alpha value is -2.73. The van der Waals surface area contributed by atoms with Crippen molar-refractivity contribution in [1.29, 1.82) is 0 Å². The molecule has 2 aromatic rings. The third kappa shape index (κ3) is 5.81. The zero-order chi connectivity index (χ0) is 17.2. The van der Waals surface area contributed by atoms with Crippen LogP contribution in [-0.4, -0.2) is 26.3 Å². The van der Waals surface area contributed by atoms with Crippen LogP contribution in [0.1, 0.15) is 12.5 Å². The molecular formula is C18H22N2O4. The number of esters is 1. The predicted octanol–water partition coefficient (Wildman–Crippen LogP) is 2.75. The van der Waals surface area contributed by atoms with Gasteiger partial charge < -0.3 is 19.6 Å². The van der Waals surface area contributed by atoms with E-state index >= 15 is 0 Å². The molecule has 0 aromatic heterocycles. The molecule has 0 fully saturated rings. The first-order chi connectivity index (χ1) is 11.7. The van der Waals surface area contributed by atoms with Crippen LogP contribution in [0.15, 0.2) is 48.5 Å². The van der Waals surface area contributed by atoms with E-state index < -0.39 is 0 Å². The van der Waals surface area contributed by atoms with Gasteiger partial charge in [0.25, 0.3) is 0 Å². The van der Waals surface area contributed by atoms with Crippen molar-refractivity contribution in [2.45, 2.75) is 13.5 Å². The summed E-state index contributed by atoms with van der Waals surface area (Å²) < 4.78 is 15.7. The maximum atomic E-state index is 10.7. The molecule has 0 aliphatic rings. The Bertz CT molecular complexity index is 647. The van der Waals surface area contributed by atoms with E-state index in [0.29, 0.717) is 18.0 Å². The van der Waals surface area contributed by atoms with Crippen molar-refractivity contribution in [2.24, 2.45) is 0 Å². The number of carbonyl (C=O) groups excluding carboxylic acids is 1. The Morgan fingerprint density at radius 3 is 2.54 bits per heavy atom. The summed E-state index contributed by atoms with van der Waals surface area (Å²) in [6.45, 7) is 2.48. The van der Waals surface area contributed by atoms with Crippen molar-refractivity contribution in [3.63, 3.8) is 0 Å². The Balaban J connectivity index is 1.84. The molecule has 0 unspecified atom stereocenters. The van der Waals surface area contributed by atoms with Crippen LogP contribution in [0.4, 0.5) is 5.69 Å². The van der Waals surface area contributed by atoms with Gasteiger partial charge in [-0.05, 0) is 29.8 Å². The van der Waals surface area contributed by atoms with Crippen LogP contribution in [0.5, 0.6) is 11.5 Å². The van der Waals surface area contributed by atoms with E-state index in [2.05, 4.69) is 10.9 Å². The summed E-state index contributed by atoms with van der Waals surface area (Å²) in [5.41, 5.74) is 8.32. The topological polar surface area (TPSA) is 68.8 Å². The number of benzene rings is 2. The molecule has 2 aromatic carbocycles. The minimum absolute atomic E-state index is 0.211. The van der Waals surface area contributed by atoms with Crippen molar-refractivity contribution >= 4 is 11.7 Å². The molecule has 0 aliphatic heterocycles. The molecule has 6 heteroatoms. The summed E-state index contributed by atoms with van der Waals surface area (Å²) in [5, 5.41) is 0. The third-order valence-corrected chi connectivity index (χ3v) is 3.17. The van der Waals surface area contributed by atoms with Gasteiger partial charge in [-0.3, -0.25) is 4.79 Å². The van der Waals surface area contributed by atoms with Crippen LogP contribution in [0.3, 0.4) is 0 Å². The number of hydrogen-bond donors (Lipinski definition) is 2. The van der Waals surface area contributed by atoms with Crippen molar-refractivity contribution in [1.82, 2.24) is 5.43 Å². The Morgan fingerprint density at radius 1 is 1.04 bits per heavy atom. The number of hydrazine groups is 1. The number of anilines is 1. The Morgan fingerprint density at radius 2 is 1.83 bits per heavy atom. The molecule has 0 heterocycles. The molecule has 6 nitrogen and oxygen atoms in total. The molecule has 0 bridgehead atoms. The van der Waals surface area contributed by atoms with Crippen LogP contribution < -0.4 is 20.3 Å². The second-order valence-electron chi connectivity index (χ2n) is 5.02. The van der Waals surface area contributed by atoms with Crippen molar-refractivity contribution < 1.29 is 19.0 Å². The van der Waals surface area contributed by atoms with E-state index in [4.69, 9.17) is 14.2 Å². The van der Waals surface area contributed by atoms with Gasteiger partial charge in [-0.15, -0.1) is 0 Å². The summed E-state index contributed by atoms with van der Waals surface area (Å²) in [7, 11) is 1.59. The van der Waals surface area contributed by atoms with Crippen molar-refractivity contribution in [3.05, 3.63) is 54.1 Å². The first-order valence-electron chi connectivity index (χ1n) is 7.66. The lowest BCUT2D eigenvalue weighted by Gasteiger charge is -2.13. The largest absolute Gasteiger partial charge is 0.493 e. The quantitative estimate of drug-likeness (QED) is 0.419. The molecule has 0 atom stereocenters. The SMILES string of the molecule is COc1cc(CNNc2ccccc2)ccc1OCCOC(C)=O. The number of carbonyl (C=O) groups is 1. The summed E-state index contributed by atoms with van der Waals surface area (Å²) in [6.07, 6.45) is 0. The second kappa shape index (κ2) is 9.42. The minimum Gasteiger partial charge on any atom is -0.493 e. The normalized spacial score (nSPS) is 10.1. The minimum atomic E-state index is -0.321. The molecule has 0 amide bonds. The molecule has 0 aliphatic carbocycles. The first-order valence-corrected chi connectivity index (χ1v) is 7.66. The highest BCUT2D eigenvalue weighted by molar-refractivity contribution is 5.65. The van der Waals surface area contributed by atoms with E-state index in [1.165, 1.54) is 6.92 Å². The van der Waals surface area contributed by atoms with Gasteiger partial charge in [0.05, 0.1) is 7.11 Å². The number of ether oxygens (including phenoxy) is 3. The zero-order valence-corrected chi connectivity index (χ0v) is 13.9. The molecule has 24 heavy (non-hydrogen) atoms. The van der Waals surface area contributed by atoms with Gasteiger partial charge in [0.15, 0.2) is 11.5 Å². The molecule has 2 N–H and O–H groups in total. The fourth-order valence-corrected chi connectivity index (χ4v) is 2.05. The number of para-hydroxylation sites is 1. The van der Waals surface area contributed by atoms with Crippen LogP contribution in [-0.2, 0) is 16.1 Å². The molecule has 0 radical (unpaired) electrons. The molecule has 128 valence electrons. The lowest BCUT2D eigenvalue weighted by Crippen LogP contribution is -2.20.